The van der Waals surface area contributed by atoms with Gasteiger partial charge in [-0.15, -0.1) is 0 Å². The Morgan fingerprint density at radius 3 is 2.76 bits per heavy atom. The lowest BCUT2D eigenvalue weighted by molar-refractivity contribution is -0.132. The van der Waals surface area contributed by atoms with Crippen LogP contribution in [0.5, 0.6) is 11.5 Å². The van der Waals surface area contributed by atoms with E-state index in [1.54, 1.807) is 6.07 Å². The number of fused-ring (bicyclic) bond motifs is 2. The van der Waals surface area contributed by atoms with E-state index in [-0.39, 0.29) is 17.4 Å². The number of carbonyl (C=O) groups is 2. The third-order valence-corrected chi connectivity index (χ3v) is 8.83. The van der Waals surface area contributed by atoms with E-state index in [1.165, 1.54) is 16.2 Å². The topological polar surface area (TPSA) is 89.0 Å². The van der Waals surface area contributed by atoms with E-state index in [4.69, 9.17) is 14.5 Å². The van der Waals surface area contributed by atoms with Gasteiger partial charge in [0.1, 0.15) is 23.4 Å². The van der Waals surface area contributed by atoms with Crippen molar-refractivity contribution >= 4 is 44.1 Å². The molecule has 6 rings (SSSR count). The van der Waals surface area contributed by atoms with Crippen LogP contribution < -0.4 is 14.4 Å². The van der Waals surface area contributed by atoms with Crippen molar-refractivity contribution in [2.75, 3.05) is 11.5 Å². The number of Topliss-reactive ketones (excluding diaryl/α,β-unsaturated/α-hetero) is 1. The summed E-state index contributed by atoms with van der Waals surface area (Å²) in [6.07, 6.45) is 3.84. The number of nitrogens with zero attached hydrogens (tertiary/aromatic N) is 2. The Kier molecular flexibility index (Phi) is 7.49. The molecule has 4 aromatic rings. The minimum absolute atomic E-state index is 0.0298. The first-order chi connectivity index (χ1) is 20.2. The van der Waals surface area contributed by atoms with Crippen molar-refractivity contribution in [3.8, 4) is 11.5 Å². The van der Waals surface area contributed by atoms with Crippen molar-refractivity contribution in [3.63, 3.8) is 0 Å². The first-order valence-electron chi connectivity index (χ1n) is 14.5. The van der Waals surface area contributed by atoms with Crippen molar-refractivity contribution in [3.05, 3.63) is 88.0 Å². The van der Waals surface area contributed by atoms with E-state index in [0.29, 0.717) is 35.0 Å². The summed E-state index contributed by atoms with van der Waals surface area (Å²) in [5.74, 6) is -0.269. The summed E-state index contributed by atoms with van der Waals surface area (Å²) in [6.45, 7) is 8.71. The Bertz CT molecular complexity index is 1740. The second kappa shape index (κ2) is 11.2. The summed E-state index contributed by atoms with van der Waals surface area (Å²) in [5, 5.41) is 12.1. The van der Waals surface area contributed by atoms with Gasteiger partial charge in [-0.3, -0.25) is 14.5 Å². The molecule has 1 saturated heterocycles. The molecule has 0 bridgehead atoms. The number of hydrogen-bond acceptors (Lipinski definition) is 7. The molecule has 0 radical (unpaired) electrons. The van der Waals surface area contributed by atoms with Crippen LogP contribution in [-0.2, 0) is 16.0 Å². The number of thiazole rings is 1. The largest absolute Gasteiger partial charge is 0.507 e. The highest BCUT2D eigenvalue weighted by Crippen LogP contribution is 2.45. The molecule has 216 valence electrons. The van der Waals surface area contributed by atoms with Gasteiger partial charge < -0.3 is 14.6 Å². The van der Waals surface area contributed by atoms with Gasteiger partial charge in [0.05, 0.1) is 28.4 Å². The summed E-state index contributed by atoms with van der Waals surface area (Å²) in [6, 6.07) is 16.0. The molecule has 0 aliphatic carbocycles. The van der Waals surface area contributed by atoms with E-state index in [2.05, 4.69) is 13.0 Å². The summed E-state index contributed by atoms with van der Waals surface area (Å²) in [5.41, 5.74) is 5.00. The predicted molar refractivity (Wildman–Crippen MR) is 166 cm³/mol. The van der Waals surface area contributed by atoms with Gasteiger partial charge in [0.25, 0.3) is 5.78 Å². The Morgan fingerprint density at radius 1 is 1.12 bits per heavy atom. The summed E-state index contributed by atoms with van der Waals surface area (Å²) >= 11 is 1.37. The van der Waals surface area contributed by atoms with Crippen LogP contribution in [0.4, 0.5) is 5.13 Å². The standard InChI is InChI=1S/C34H34N2O5S/c1-5-6-7-13-40-25-10-8-9-22(18-25)30-28(31(37)23-11-12-26-24(17-23)16-21(4)41-26)32(38)33(39)36(30)34-35-29-20(3)14-19(2)15-27(29)42-34/h8-12,14-15,17-18,21,30,37H,5-7,13,16H2,1-4H3/b31-28+/t21-,30+/m1/s1. The maximum atomic E-state index is 13.8. The molecule has 7 nitrogen and oxygen atoms in total. The van der Waals surface area contributed by atoms with Gasteiger partial charge >= 0.3 is 5.91 Å². The monoisotopic (exact) mass is 582 g/mol. The highest BCUT2D eigenvalue weighted by atomic mass is 32.1. The Labute approximate surface area is 249 Å². The average Bonchev–Trinajstić information content (AvgIpc) is 3.63. The number of aryl methyl sites for hydroxylation is 2. The molecule has 1 fully saturated rings. The maximum Gasteiger partial charge on any atom is 0.301 e. The molecule has 42 heavy (non-hydrogen) atoms. The lowest BCUT2D eigenvalue weighted by Crippen LogP contribution is -2.29. The van der Waals surface area contributed by atoms with Gasteiger partial charge in [0.2, 0.25) is 0 Å². The van der Waals surface area contributed by atoms with Gasteiger partial charge in [-0.2, -0.15) is 0 Å². The number of aromatic nitrogens is 1. The van der Waals surface area contributed by atoms with Gasteiger partial charge in [-0.1, -0.05) is 49.3 Å². The number of hydrogen-bond donors (Lipinski definition) is 1. The fourth-order valence-electron chi connectivity index (χ4n) is 5.85. The van der Waals surface area contributed by atoms with E-state index in [9.17, 15) is 14.7 Å². The van der Waals surface area contributed by atoms with Crippen LogP contribution in [-0.4, -0.2) is 34.5 Å². The van der Waals surface area contributed by atoms with Crippen LogP contribution in [0.1, 0.15) is 67.0 Å². The van der Waals surface area contributed by atoms with Crippen LogP contribution in [0.25, 0.3) is 16.0 Å². The number of benzene rings is 3. The van der Waals surface area contributed by atoms with Crippen molar-refractivity contribution < 1.29 is 24.2 Å². The molecule has 3 heterocycles. The van der Waals surface area contributed by atoms with Gasteiger partial charge in [-0.25, -0.2) is 4.98 Å². The SMILES string of the molecule is CCCCCOc1cccc([C@H]2/C(=C(\O)c3ccc4c(c3)C[C@@H](C)O4)C(=O)C(=O)N2c2nc3c(C)cc(C)cc3s2)c1. The summed E-state index contributed by atoms with van der Waals surface area (Å²) in [4.78, 5) is 33.8. The number of rotatable bonds is 8. The van der Waals surface area contributed by atoms with E-state index in [1.807, 2.05) is 63.2 Å². The summed E-state index contributed by atoms with van der Waals surface area (Å²) < 4.78 is 12.8. The number of carbonyl (C=O) groups excluding carboxylic acids is 2. The van der Waals surface area contributed by atoms with Crippen molar-refractivity contribution in [2.24, 2.45) is 0 Å². The second-order valence-corrected chi connectivity index (χ2v) is 12.2. The van der Waals surface area contributed by atoms with Crippen LogP contribution >= 0.6 is 11.3 Å². The number of ether oxygens (including phenoxy) is 2. The zero-order valence-electron chi connectivity index (χ0n) is 24.3. The van der Waals surface area contributed by atoms with Crippen LogP contribution in [0.2, 0.25) is 0 Å². The first-order valence-corrected chi connectivity index (χ1v) is 15.3. The first kappa shape index (κ1) is 28.0. The number of unbranched alkanes of at least 4 members (excludes halogenated alkanes) is 2. The van der Waals surface area contributed by atoms with Gasteiger partial charge in [0, 0.05) is 12.0 Å². The maximum absolute atomic E-state index is 13.8. The van der Waals surface area contributed by atoms with Crippen LogP contribution in [0, 0.1) is 13.8 Å². The van der Waals surface area contributed by atoms with Crippen LogP contribution in [0.3, 0.4) is 0 Å². The molecular weight excluding hydrogens is 548 g/mol. The predicted octanol–water partition coefficient (Wildman–Crippen LogP) is 7.43. The minimum Gasteiger partial charge on any atom is -0.507 e. The van der Waals surface area contributed by atoms with Gasteiger partial charge in [0.15, 0.2) is 5.13 Å². The zero-order chi connectivity index (χ0) is 29.5. The van der Waals surface area contributed by atoms with Gasteiger partial charge in [-0.05, 0) is 85.8 Å². The molecule has 1 N–H and O–H groups in total. The molecule has 1 aromatic heterocycles. The van der Waals surface area contributed by atoms with Crippen LogP contribution in [0.15, 0.2) is 60.2 Å². The van der Waals surface area contributed by atoms with E-state index < -0.39 is 17.7 Å². The molecule has 3 aromatic carbocycles. The van der Waals surface area contributed by atoms with E-state index >= 15 is 0 Å². The third-order valence-electron chi connectivity index (χ3n) is 7.83. The average molecular weight is 583 g/mol. The molecular formula is C34H34N2O5S. The Balaban J connectivity index is 1.49. The van der Waals surface area contributed by atoms with Crippen molar-refractivity contribution in [2.45, 2.75) is 65.5 Å². The Morgan fingerprint density at radius 2 is 1.95 bits per heavy atom. The third kappa shape index (κ3) is 5.04. The Hall–Kier alpha value is -4.17. The zero-order valence-corrected chi connectivity index (χ0v) is 25.1. The van der Waals surface area contributed by atoms with Crippen molar-refractivity contribution in [1.29, 1.82) is 0 Å². The minimum atomic E-state index is -0.880. The normalized spacial score (nSPS) is 19.4. The lowest BCUT2D eigenvalue weighted by Gasteiger charge is -2.23. The number of ketones is 1. The highest BCUT2D eigenvalue weighted by Gasteiger charge is 2.48. The molecule has 0 unspecified atom stereocenters. The quantitative estimate of drug-likeness (QED) is 0.101. The smallest absolute Gasteiger partial charge is 0.301 e. The number of aliphatic hydroxyl groups excluding tert-OH is 1. The number of aliphatic hydroxyl groups is 1. The number of anilines is 1. The lowest BCUT2D eigenvalue weighted by atomic mass is 9.94. The molecule has 2 aliphatic rings. The number of amides is 1. The fraction of sp³-hybridized carbons (Fsp3) is 0.324. The highest BCUT2D eigenvalue weighted by molar-refractivity contribution is 7.22. The molecule has 2 aliphatic heterocycles. The second-order valence-electron chi connectivity index (χ2n) is 11.2. The molecule has 2 atom stereocenters. The molecule has 1 amide bonds. The fourth-order valence-corrected chi connectivity index (χ4v) is 7.02. The summed E-state index contributed by atoms with van der Waals surface area (Å²) in [7, 11) is 0. The van der Waals surface area contributed by atoms with Crippen molar-refractivity contribution in [1.82, 2.24) is 4.98 Å². The molecule has 0 saturated carbocycles. The van der Waals surface area contributed by atoms with E-state index in [0.717, 1.165) is 51.9 Å². The molecule has 0 spiro atoms. The molecule has 8 heteroatoms.